The molecule has 0 aromatic heterocycles. The van der Waals surface area contributed by atoms with Gasteiger partial charge < -0.3 is 36.4 Å². The Morgan fingerprint density at radius 3 is 1.18 bits per heavy atom. The summed E-state index contributed by atoms with van der Waals surface area (Å²) >= 11 is 0. The van der Waals surface area contributed by atoms with Crippen molar-refractivity contribution in [1.29, 1.82) is 0 Å². The number of carbonyl (C=O) groups is 6. The zero-order valence-electron chi connectivity index (χ0n) is 19.6. The van der Waals surface area contributed by atoms with Crippen LogP contribution >= 0.6 is 0 Å². The predicted molar refractivity (Wildman–Crippen MR) is 118 cm³/mol. The Balaban J connectivity index is 5.79. The maximum Gasteiger partial charge on any atom is 0.326 e. The van der Waals surface area contributed by atoms with Crippen molar-refractivity contribution in [3.63, 3.8) is 0 Å². The summed E-state index contributed by atoms with van der Waals surface area (Å²) < 4.78 is 0. The molecule has 3 atom stereocenters. The summed E-state index contributed by atoms with van der Waals surface area (Å²) in [6.07, 6.45) is -0.767. The van der Waals surface area contributed by atoms with Crippen LogP contribution in [-0.2, 0) is 28.8 Å². The van der Waals surface area contributed by atoms with E-state index in [0.29, 0.717) is 19.3 Å². The quantitative estimate of drug-likeness (QED) is 0.140. The molecule has 0 aromatic rings. The minimum Gasteiger partial charge on any atom is -0.480 e. The molecule has 13 heteroatoms. The standard InChI is InChI=1S/C21H35N3O10/c1-4-7-12(17(27)28)22-15(25)10-21(34,20(33)24-14(9-6-3)19(31)32)11-16(26)23-13(8-5-2)18(29)30/h12-14,34H,4-11H2,1-3H3,(H,22,25)(H,23,26)(H,24,33)(H,27,28)(H,29,30)(H,31,32). The molecule has 0 fully saturated rings. The lowest BCUT2D eigenvalue weighted by molar-refractivity contribution is -0.154. The number of carbonyl (C=O) groups excluding carboxylic acids is 3. The van der Waals surface area contributed by atoms with Crippen LogP contribution in [0.25, 0.3) is 0 Å². The van der Waals surface area contributed by atoms with Crippen LogP contribution in [0, 0.1) is 0 Å². The van der Waals surface area contributed by atoms with Gasteiger partial charge in [0.05, 0.1) is 12.8 Å². The molecule has 0 saturated carbocycles. The van der Waals surface area contributed by atoms with Crippen molar-refractivity contribution < 1.29 is 49.2 Å². The van der Waals surface area contributed by atoms with Crippen LogP contribution in [-0.4, -0.2) is 79.8 Å². The van der Waals surface area contributed by atoms with Crippen molar-refractivity contribution in [1.82, 2.24) is 16.0 Å². The van der Waals surface area contributed by atoms with Crippen molar-refractivity contribution in [2.75, 3.05) is 0 Å². The highest BCUT2D eigenvalue weighted by Gasteiger charge is 2.43. The van der Waals surface area contributed by atoms with E-state index in [1.54, 1.807) is 20.8 Å². The van der Waals surface area contributed by atoms with Crippen LogP contribution in [0.5, 0.6) is 0 Å². The molecule has 0 aliphatic heterocycles. The molecule has 0 saturated heterocycles. The van der Waals surface area contributed by atoms with Crippen LogP contribution < -0.4 is 16.0 Å². The molecule has 0 spiro atoms. The van der Waals surface area contributed by atoms with Gasteiger partial charge in [0, 0.05) is 0 Å². The van der Waals surface area contributed by atoms with Crippen LogP contribution in [0.4, 0.5) is 0 Å². The molecule has 13 nitrogen and oxygen atoms in total. The SMILES string of the molecule is CCCC(NC(=O)CC(O)(CC(=O)NC(CCC)C(=O)O)C(=O)NC(CCC)C(=O)O)C(=O)O. The van der Waals surface area contributed by atoms with Crippen LogP contribution in [0.2, 0.25) is 0 Å². The monoisotopic (exact) mass is 489 g/mol. The first-order valence-corrected chi connectivity index (χ1v) is 11.1. The van der Waals surface area contributed by atoms with Gasteiger partial charge in [-0.25, -0.2) is 14.4 Å². The minimum atomic E-state index is -2.76. The molecule has 0 radical (unpaired) electrons. The molecule has 0 heterocycles. The Hall–Kier alpha value is -3.22. The van der Waals surface area contributed by atoms with Crippen molar-refractivity contribution in [2.45, 2.75) is 95.9 Å². The molecule has 0 rings (SSSR count). The summed E-state index contributed by atoms with van der Waals surface area (Å²) in [6, 6.07) is -4.01. The Kier molecular flexibility index (Phi) is 13.4. The topological polar surface area (TPSA) is 219 Å². The highest BCUT2D eigenvalue weighted by atomic mass is 16.4. The summed E-state index contributed by atoms with van der Waals surface area (Å²) in [7, 11) is 0. The number of amides is 3. The first kappa shape index (κ1) is 30.8. The van der Waals surface area contributed by atoms with E-state index >= 15 is 0 Å². The molecule has 34 heavy (non-hydrogen) atoms. The molecular formula is C21H35N3O10. The number of carboxylic acid groups (broad SMARTS) is 3. The fourth-order valence-corrected chi connectivity index (χ4v) is 3.18. The molecule has 3 unspecified atom stereocenters. The van der Waals surface area contributed by atoms with E-state index < -0.39 is 72.2 Å². The molecule has 0 aliphatic rings. The second-order valence-corrected chi connectivity index (χ2v) is 8.03. The zero-order valence-corrected chi connectivity index (χ0v) is 19.6. The lowest BCUT2D eigenvalue weighted by Crippen LogP contribution is -2.57. The van der Waals surface area contributed by atoms with E-state index in [1.165, 1.54) is 0 Å². The van der Waals surface area contributed by atoms with Crippen LogP contribution in [0.1, 0.15) is 72.1 Å². The molecular weight excluding hydrogens is 454 g/mol. The van der Waals surface area contributed by atoms with E-state index in [9.17, 15) is 49.2 Å². The third-order valence-electron chi connectivity index (χ3n) is 4.93. The number of hydrogen-bond acceptors (Lipinski definition) is 7. The van der Waals surface area contributed by atoms with Gasteiger partial charge in [-0.05, 0) is 19.3 Å². The first-order valence-electron chi connectivity index (χ1n) is 11.1. The summed E-state index contributed by atoms with van der Waals surface area (Å²) in [5, 5.41) is 45.1. The minimum absolute atomic E-state index is 0.00469. The van der Waals surface area contributed by atoms with Crippen molar-refractivity contribution in [3.05, 3.63) is 0 Å². The molecule has 0 aliphatic carbocycles. The summed E-state index contributed by atoms with van der Waals surface area (Å²) in [4.78, 5) is 71.7. The van der Waals surface area contributed by atoms with E-state index in [-0.39, 0.29) is 19.3 Å². The normalized spacial score (nSPS) is 15.2. The molecule has 0 bridgehead atoms. The third-order valence-corrected chi connectivity index (χ3v) is 4.93. The second kappa shape index (κ2) is 14.8. The number of carboxylic acids is 3. The van der Waals surface area contributed by atoms with Gasteiger partial charge in [0.25, 0.3) is 5.91 Å². The van der Waals surface area contributed by atoms with E-state index in [0.717, 1.165) is 0 Å². The fourth-order valence-electron chi connectivity index (χ4n) is 3.18. The van der Waals surface area contributed by atoms with Gasteiger partial charge in [0.1, 0.15) is 18.1 Å². The van der Waals surface area contributed by atoms with Crippen molar-refractivity contribution in [2.24, 2.45) is 0 Å². The van der Waals surface area contributed by atoms with Gasteiger partial charge in [-0.1, -0.05) is 40.0 Å². The van der Waals surface area contributed by atoms with Gasteiger partial charge in [-0.2, -0.15) is 0 Å². The fraction of sp³-hybridized carbons (Fsp3) is 0.714. The Bertz CT molecular complexity index is 715. The lowest BCUT2D eigenvalue weighted by atomic mass is 9.92. The highest BCUT2D eigenvalue weighted by Crippen LogP contribution is 2.18. The van der Waals surface area contributed by atoms with E-state index in [1.807, 2.05) is 0 Å². The maximum atomic E-state index is 12.8. The van der Waals surface area contributed by atoms with Gasteiger partial charge in [-0.15, -0.1) is 0 Å². The van der Waals surface area contributed by atoms with Crippen LogP contribution in [0.15, 0.2) is 0 Å². The number of aliphatic carboxylic acids is 3. The summed E-state index contributed by atoms with van der Waals surface area (Å²) in [6.45, 7) is 5.03. The van der Waals surface area contributed by atoms with E-state index in [4.69, 9.17) is 0 Å². The largest absolute Gasteiger partial charge is 0.480 e. The number of hydrogen-bond donors (Lipinski definition) is 7. The predicted octanol–water partition coefficient (Wildman–Crippen LogP) is -0.394. The Morgan fingerprint density at radius 1 is 0.618 bits per heavy atom. The first-order chi connectivity index (χ1) is 15.8. The Morgan fingerprint density at radius 2 is 0.912 bits per heavy atom. The number of aliphatic hydroxyl groups is 1. The van der Waals surface area contributed by atoms with Crippen molar-refractivity contribution >= 4 is 35.6 Å². The lowest BCUT2D eigenvalue weighted by Gasteiger charge is -2.28. The summed E-state index contributed by atoms with van der Waals surface area (Å²) in [5.74, 6) is -7.51. The summed E-state index contributed by atoms with van der Waals surface area (Å²) in [5.41, 5.74) is -2.76. The Labute approximate surface area is 197 Å². The highest BCUT2D eigenvalue weighted by molar-refractivity contribution is 5.97. The molecule has 0 aromatic carbocycles. The average molecular weight is 490 g/mol. The van der Waals surface area contributed by atoms with Gasteiger partial charge in [0.2, 0.25) is 11.8 Å². The number of rotatable bonds is 17. The third kappa shape index (κ3) is 10.6. The van der Waals surface area contributed by atoms with Gasteiger partial charge in [-0.3, -0.25) is 14.4 Å². The van der Waals surface area contributed by atoms with E-state index in [2.05, 4.69) is 16.0 Å². The molecule has 3 amide bonds. The second-order valence-electron chi connectivity index (χ2n) is 8.03. The maximum absolute atomic E-state index is 12.8. The van der Waals surface area contributed by atoms with Crippen molar-refractivity contribution in [3.8, 4) is 0 Å². The zero-order chi connectivity index (χ0) is 26.5. The molecule has 194 valence electrons. The number of nitrogens with one attached hydrogen (secondary N) is 3. The van der Waals surface area contributed by atoms with Gasteiger partial charge >= 0.3 is 17.9 Å². The van der Waals surface area contributed by atoms with Gasteiger partial charge in [0.15, 0.2) is 5.60 Å². The molecule has 7 N–H and O–H groups in total. The average Bonchev–Trinajstić information content (AvgIpc) is 2.72. The smallest absolute Gasteiger partial charge is 0.326 e. The van der Waals surface area contributed by atoms with Crippen LogP contribution in [0.3, 0.4) is 0 Å².